The zero-order valence-corrected chi connectivity index (χ0v) is 40.3. The van der Waals surface area contributed by atoms with Crippen LogP contribution in [0.1, 0.15) is 50.0 Å². The van der Waals surface area contributed by atoms with Crippen molar-refractivity contribution in [3.05, 3.63) is 168 Å². The molecule has 1 aliphatic rings. The SMILES string of the molecule is CSSCCC(=O)Nc1ccc2[nH]c(C(=O)Nc3ccc4[nH]c(C(=O)N5C[C@@H](C=ICl)c6c5cc(OP(OCc5ccccc5)OCc5ccccc5)c5ccccc65)cc4c3)cc2c1. The molecule has 0 unspecified atom stereocenters. The lowest BCUT2D eigenvalue weighted by Gasteiger charge is -2.21. The van der Waals surface area contributed by atoms with Crippen molar-refractivity contribution in [1.29, 1.82) is 0 Å². The number of hydrogen-bond acceptors (Lipinski definition) is 8. The molecule has 2 aromatic heterocycles. The Morgan fingerprint density at radius 2 is 1.37 bits per heavy atom. The molecule has 65 heavy (non-hydrogen) atoms. The number of halogens is 2. The summed E-state index contributed by atoms with van der Waals surface area (Å²) in [4.78, 5) is 48.8. The summed E-state index contributed by atoms with van der Waals surface area (Å²) in [6, 6.07) is 44.3. The van der Waals surface area contributed by atoms with Crippen LogP contribution in [0.4, 0.5) is 17.1 Å². The van der Waals surface area contributed by atoms with E-state index in [-0.39, 0.29) is 23.6 Å². The highest BCUT2D eigenvalue weighted by Crippen LogP contribution is 2.50. The van der Waals surface area contributed by atoms with Crippen LogP contribution < -0.4 is 20.1 Å². The molecule has 0 fully saturated rings. The number of carbonyl (C=O) groups is 3. The van der Waals surface area contributed by atoms with Gasteiger partial charge in [0.05, 0.1) is 18.9 Å². The normalized spacial score (nSPS) is 13.7. The van der Waals surface area contributed by atoms with Crippen LogP contribution in [0.2, 0.25) is 0 Å². The van der Waals surface area contributed by atoms with Crippen LogP contribution in [0.3, 0.4) is 0 Å². The average Bonchev–Trinajstić information content (AvgIpc) is 4.06. The van der Waals surface area contributed by atoms with Gasteiger partial charge in [0.15, 0.2) is 0 Å². The van der Waals surface area contributed by atoms with Gasteiger partial charge in [0.25, 0.3) is 11.8 Å². The number of nitrogens with zero attached hydrogens (tertiary/aromatic N) is 1. The van der Waals surface area contributed by atoms with Gasteiger partial charge in [-0.2, -0.15) is 0 Å². The van der Waals surface area contributed by atoms with Crippen LogP contribution in [0.5, 0.6) is 5.75 Å². The Labute approximate surface area is 398 Å². The average molecular weight is 1050 g/mol. The van der Waals surface area contributed by atoms with Gasteiger partial charge < -0.3 is 30.0 Å². The second-order valence-electron chi connectivity index (χ2n) is 15.1. The van der Waals surface area contributed by atoms with Gasteiger partial charge in [0, 0.05) is 69.3 Å². The zero-order valence-electron chi connectivity index (χ0n) is 34.9. The van der Waals surface area contributed by atoms with Gasteiger partial charge in [-0.25, -0.2) is 0 Å². The first-order valence-corrected chi connectivity index (χ1v) is 28.4. The Balaban J connectivity index is 0.957. The minimum absolute atomic E-state index is 0.0574. The lowest BCUT2D eigenvalue weighted by atomic mass is 9.95. The van der Waals surface area contributed by atoms with Crippen LogP contribution >= 0.6 is 58.7 Å². The first kappa shape index (κ1) is 45.0. The van der Waals surface area contributed by atoms with Crippen molar-refractivity contribution in [2.45, 2.75) is 25.6 Å². The van der Waals surface area contributed by atoms with E-state index in [0.717, 1.165) is 60.7 Å². The minimum Gasteiger partial charge on any atom is -0.426 e. The van der Waals surface area contributed by atoms with Gasteiger partial charge in [-0.15, -0.1) is 0 Å². The summed E-state index contributed by atoms with van der Waals surface area (Å²) >= 11 is -0.740. The topological polar surface area (TPSA) is 138 Å². The number of aromatic nitrogens is 2. The molecule has 8 aromatic rings. The first-order chi connectivity index (χ1) is 31.8. The Morgan fingerprint density at radius 1 is 0.769 bits per heavy atom. The maximum Gasteiger partial charge on any atom is 0.397 e. The summed E-state index contributed by atoms with van der Waals surface area (Å²) < 4.78 is 21.5. The van der Waals surface area contributed by atoms with E-state index in [1.54, 1.807) is 38.6 Å². The number of aromatic amines is 2. The highest BCUT2D eigenvalue weighted by Gasteiger charge is 2.36. The third-order valence-electron chi connectivity index (χ3n) is 10.8. The highest BCUT2D eigenvalue weighted by atomic mass is 127. The Hall–Kier alpha value is -5.19. The molecule has 0 spiro atoms. The molecule has 0 saturated carbocycles. The second-order valence-corrected chi connectivity index (χ2v) is 21.3. The molecule has 9 rings (SSSR count). The standard InChI is InChI=1S/C49H42ClIN5O6PS2/c1-64-65-21-20-46(57)52-36-16-18-40-33(22-36)24-42(54-40)48(58)53-37-17-19-41-34(23-37)25-43(55-41)49(59)56-28-35(27-51-50)47-39-15-9-8-14-38(39)45(26-44(47)56)62-63(60-29-31-10-4-2-5-11-31)61-30-32-12-6-3-7-13-32/h2-19,22-27,35,54-55H,20-21,28-30H2,1H3,(H,52,57)(H,53,58)/t35-/m1/s1. The van der Waals surface area contributed by atoms with E-state index in [9.17, 15) is 14.4 Å². The number of anilines is 3. The van der Waals surface area contributed by atoms with Gasteiger partial charge in [-0.1, -0.05) is 107 Å². The molecular formula is C49H42ClIN5O6PS2. The summed E-state index contributed by atoms with van der Waals surface area (Å²) in [6.07, 6.45) is 2.40. The molecule has 1 aliphatic heterocycles. The van der Waals surface area contributed by atoms with Gasteiger partial charge in [-0.05, 0) is 109 Å². The maximum atomic E-state index is 14.7. The molecule has 3 amide bonds. The second kappa shape index (κ2) is 21.0. The summed E-state index contributed by atoms with van der Waals surface area (Å²) in [5.41, 5.74) is 7.23. The zero-order chi connectivity index (χ0) is 44.7. The fraction of sp³-hybridized carbons (Fsp3) is 0.143. The predicted molar refractivity (Wildman–Crippen MR) is 278 cm³/mol. The molecule has 330 valence electrons. The van der Waals surface area contributed by atoms with Crippen LogP contribution in [0.25, 0.3) is 32.6 Å². The summed E-state index contributed by atoms with van der Waals surface area (Å²) in [7, 11) is 7.85. The lowest BCUT2D eigenvalue weighted by Crippen LogP contribution is -2.30. The van der Waals surface area contributed by atoms with E-state index in [1.165, 1.54) is 0 Å². The monoisotopic (exact) mass is 1050 g/mol. The Bertz CT molecular complexity index is 3000. The van der Waals surface area contributed by atoms with Crippen molar-refractivity contribution >= 4 is 130 Å². The lowest BCUT2D eigenvalue weighted by molar-refractivity contribution is -0.115. The maximum absolute atomic E-state index is 14.7. The largest absolute Gasteiger partial charge is 0.426 e. The van der Waals surface area contributed by atoms with E-state index in [0.29, 0.717) is 54.7 Å². The van der Waals surface area contributed by atoms with Crippen molar-refractivity contribution in [3.8, 4) is 5.75 Å². The van der Waals surface area contributed by atoms with E-state index in [1.807, 2.05) is 128 Å². The number of benzene rings is 6. The molecule has 11 nitrogen and oxygen atoms in total. The summed E-state index contributed by atoms with van der Waals surface area (Å²) in [5, 5.41) is 9.32. The summed E-state index contributed by atoms with van der Waals surface area (Å²) in [5.74, 6) is 0.591. The molecule has 3 heterocycles. The van der Waals surface area contributed by atoms with E-state index >= 15 is 0 Å². The van der Waals surface area contributed by atoms with Crippen LogP contribution in [0, 0.1) is 0 Å². The van der Waals surface area contributed by atoms with Crippen molar-refractivity contribution < 1.29 is 28.0 Å². The van der Waals surface area contributed by atoms with E-state index in [2.05, 4.69) is 30.7 Å². The summed E-state index contributed by atoms with van der Waals surface area (Å²) in [6.45, 7) is 0.993. The minimum atomic E-state index is -1.89. The third kappa shape index (κ3) is 10.6. The number of fused-ring (bicyclic) bond motifs is 5. The van der Waals surface area contributed by atoms with Gasteiger partial charge in [0.1, 0.15) is 17.1 Å². The fourth-order valence-corrected chi connectivity index (χ4v) is 11.7. The van der Waals surface area contributed by atoms with Gasteiger partial charge in [-0.3, -0.25) is 23.4 Å². The predicted octanol–water partition coefficient (Wildman–Crippen LogP) is 13.1. The first-order valence-electron chi connectivity index (χ1n) is 20.6. The van der Waals surface area contributed by atoms with Crippen LogP contribution in [-0.2, 0) is 27.1 Å². The molecule has 0 saturated heterocycles. The Kier molecular flexibility index (Phi) is 14.5. The van der Waals surface area contributed by atoms with Crippen LogP contribution in [0.15, 0.2) is 140 Å². The third-order valence-corrected chi connectivity index (χ3v) is 15.5. The number of nitrogens with one attached hydrogen (secondary N) is 4. The Morgan fingerprint density at radius 3 is 2.02 bits per heavy atom. The highest BCUT2D eigenvalue weighted by molar-refractivity contribution is 14.2. The number of H-pyrrole nitrogens is 2. The molecule has 4 N–H and O–H groups in total. The quantitative estimate of drug-likeness (QED) is 0.0306. The van der Waals surface area contributed by atoms with Crippen molar-refractivity contribution in [2.75, 3.05) is 34.1 Å². The van der Waals surface area contributed by atoms with Crippen molar-refractivity contribution in [1.82, 2.24) is 9.97 Å². The molecule has 16 heteroatoms. The number of hydrogen-bond donors (Lipinski definition) is 4. The number of amides is 3. The van der Waals surface area contributed by atoms with Crippen molar-refractivity contribution in [2.24, 2.45) is 0 Å². The van der Waals surface area contributed by atoms with E-state index < -0.39 is 28.2 Å². The molecule has 0 aliphatic carbocycles. The molecule has 1 atom stereocenters. The van der Waals surface area contributed by atoms with E-state index in [4.69, 9.17) is 22.5 Å². The smallest absolute Gasteiger partial charge is 0.397 e. The number of rotatable bonds is 17. The fourth-order valence-electron chi connectivity index (χ4n) is 7.79. The molecule has 0 bridgehead atoms. The number of carbonyl (C=O) groups excluding carboxylic acids is 3. The van der Waals surface area contributed by atoms with Crippen molar-refractivity contribution in [3.63, 3.8) is 0 Å². The van der Waals surface area contributed by atoms with Crippen LogP contribution in [-0.4, -0.2) is 50.3 Å². The van der Waals surface area contributed by atoms with Gasteiger partial charge >= 0.3 is 8.60 Å². The van der Waals surface area contributed by atoms with Gasteiger partial charge in [0.2, 0.25) is 5.91 Å². The molecule has 0 radical (unpaired) electrons. The molecule has 6 aromatic carbocycles. The molecular weight excluding hydrogens is 1010 g/mol.